The molecule has 1 atom stereocenters. The summed E-state index contributed by atoms with van der Waals surface area (Å²) in [7, 11) is 0. The van der Waals surface area contributed by atoms with Crippen molar-refractivity contribution in [1.82, 2.24) is 10.3 Å². The Bertz CT molecular complexity index is 580. The normalized spacial score (nSPS) is 17.8. The third-order valence-corrected chi connectivity index (χ3v) is 3.60. The van der Waals surface area contributed by atoms with Gasteiger partial charge in [0.2, 0.25) is 0 Å². The third kappa shape index (κ3) is 2.71. The number of carbonyl (C=O) groups is 1. The number of rotatable bonds is 3. The Labute approximate surface area is 112 Å². The molecule has 3 rings (SSSR count). The summed E-state index contributed by atoms with van der Waals surface area (Å²) < 4.78 is 0. The van der Waals surface area contributed by atoms with Crippen molar-refractivity contribution in [3.05, 3.63) is 65.5 Å². The SMILES string of the molecule is O=C(Cc1ccncc1)C1Cc2ccccc2CN1. The molecular formula is C16H16N2O. The lowest BCUT2D eigenvalue weighted by atomic mass is 9.92. The first-order valence-electron chi connectivity index (χ1n) is 6.55. The number of nitrogens with zero attached hydrogens (tertiary/aromatic N) is 1. The first kappa shape index (κ1) is 12.1. The maximum atomic E-state index is 12.3. The van der Waals surface area contributed by atoms with E-state index in [0.717, 1.165) is 18.5 Å². The lowest BCUT2D eigenvalue weighted by molar-refractivity contribution is -0.120. The zero-order chi connectivity index (χ0) is 13.1. The van der Waals surface area contributed by atoms with Gasteiger partial charge in [0.25, 0.3) is 0 Å². The molecule has 1 aromatic heterocycles. The van der Waals surface area contributed by atoms with Gasteiger partial charge < -0.3 is 5.32 Å². The van der Waals surface area contributed by atoms with Gasteiger partial charge in [0.15, 0.2) is 5.78 Å². The summed E-state index contributed by atoms with van der Waals surface area (Å²) in [5.41, 5.74) is 3.62. The fourth-order valence-electron chi connectivity index (χ4n) is 2.51. The van der Waals surface area contributed by atoms with Gasteiger partial charge in [-0.05, 0) is 35.2 Å². The van der Waals surface area contributed by atoms with E-state index in [1.54, 1.807) is 12.4 Å². The maximum Gasteiger partial charge on any atom is 0.154 e. The number of hydrogen-bond acceptors (Lipinski definition) is 3. The molecule has 19 heavy (non-hydrogen) atoms. The minimum Gasteiger partial charge on any atom is -0.303 e. The number of Topliss-reactive ketones (excluding diaryl/α,β-unsaturated/α-hetero) is 1. The van der Waals surface area contributed by atoms with Crippen molar-refractivity contribution in [2.24, 2.45) is 0 Å². The number of hydrogen-bond donors (Lipinski definition) is 1. The molecule has 1 aliphatic heterocycles. The molecular weight excluding hydrogens is 236 g/mol. The lowest BCUT2D eigenvalue weighted by Crippen LogP contribution is -2.42. The van der Waals surface area contributed by atoms with Gasteiger partial charge in [-0.25, -0.2) is 0 Å². The molecule has 0 saturated heterocycles. The van der Waals surface area contributed by atoms with Crippen LogP contribution in [-0.4, -0.2) is 16.8 Å². The molecule has 1 unspecified atom stereocenters. The Balaban J connectivity index is 1.70. The fraction of sp³-hybridized carbons (Fsp3) is 0.250. The van der Waals surface area contributed by atoms with Gasteiger partial charge >= 0.3 is 0 Å². The molecule has 96 valence electrons. The lowest BCUT2D eigenvalue weighted by Gasteiger charge is -2.25. The van der Waals surface area contributed by atoms with Crippen molar-refractivity contribution in [2.45, 2.75) is 25.4 Å². The molecule has 1 aromatic carbocycles. The van der Waals surface area contributed by atoms with Crippen LogP contribution in [0.5, 0.6) is 0 Å². The average Bonchev–Trinajstić information content (AvgIpc) is 2.48. The zero-order valence-corrected chi connectivity index (χ0v) is 10.7. The molecule has 0 spiro atoms. The summed E-state index contributed by atoms with van der Waals surface area (Å²) in [5.74, 6) is 0.251. The third-order valence-electron chi connectivity index (χ3n) is 3.60. The largest absolute Gasteiger partial charge is 0.303 e. The van der Waals surface area contributed by atoms with Crippen LogP contribution in [0.15, 0.2) is 48.8 Å². The van der Waals surface area contributed by atoms with Gasteiger partial charge in [-0.3, -0.25) is 9.78 Å². The zero-order valence-electron chi connectivity index (χ0n) is 10.7. The Morgan fingerprint density at radius 1 is 1.16 bits per heavy atom. The highest BCUT2D eigenvalue weighted by molar-refractivity contribution is 5.86. The number of carbonyl (C=O) groups excluding carboxylic acids is 1. The molecule has 0 saturated carbocycles. The second kappa shape index (κ2) is 5.33. The smallest absolute Gasteiger partial charge is 0.154 e. The number of pyridine rings is 1. The van der Waals surface area contributed by atoms with Gasteiger partial charge in [0.1, 0.15) is 0 Å². The minimum atomic E-state index is -0.0666. The van der Waals surface area contributed by atoms with Crippen LogP contribution < -0.4 is 5.32 Å². The molecule has 2 heterocycles. The quantitative estimate of drug-likeness (QED) is 0.907. The highest BCUT2D eigenvalue weighted by atomic mass is 16.1. The van der Waals surface area contributed by atoms with Crippen molar-refractivity contribution in [2.75, 3.05) is 0 Å². The first-order valence-corrected chi connectivity index (χ1v) is 6.55. The van der Waals surface area contributed by atoms with Crippen LogP contribution in [0.3, 0.4) is 0 Å². The maximum absolute atomic E-state index is 12.3. The van der Waals surface area contributed by atoms with E-state index in [2.05, 4.69) is 22.4 Å². The highest BCUT2D eigenvalue weighted by Gasteiger charge is 2.23. The van der Waals surface area contributed by atoms with Crippen molar-refractivity contribution in [1.29, 1.82) is 0 Å². The fourth-order valence-corrected chi connectivity index (χ4v) is 2.51. The summed E-state index contributed by atoms with van der Waals surface area (Å²) in [6.07, 6.45) is 4.72. The Hall–Kier alpha value is -2.00. The second-order valence-corrected chi connectivity index (χ2v) is 4.90. The standard InChI is InChI=1S/C16H16N2O/c19-16(9-12-5-7-17-8-6-12)15-10-13-3-1-2-4-14(13)11-18-15/h1-8,15,18H,9-11H2. The van der Waals surface area contributed by atoms with Crippen molar-refractivity contribution >= 4 is 5.78 Å². The molecule has 1 aliphatic rings. The molecule has 0 amide bonds. The predicted molar refractivity (Wildman–Crippen MR) is 73.7 cm³/mol. The Kier molecular flexibility index (Phi) is 3.38. The van der Waals surface area contributed by atoms with Gasteiger partial charge in [-0.2, -0.15) is 0 Å². The van der Waals surface area contributed by atoms with E-state index < -0.39 is 0 Å². The van der Waals surface area contributed by atoms with Crippen LogP contribution in [0.2, 0.25) is 0 Å². The molecule has 1 N–H and O–H groups in total. The Morgan fingerprint density at radius 2 is 1.89 bits per heavy atom. The summed E-state index contributed by atoms with van der Waals surface area (Å²) in [5, 5.41) is 3.33. The van der Waals surface area contributed by atoms with Crippen LogP contribution in [0.4, 0.5) is 0 Å². The molecule has 3 nitrogen and oxygen atoms in total. The number of benzene rings is 1. The van der Waals surface area contributed by atoms with Gasteiger partial charge in [0, 0.05) is 25.4 Å². The minimum absolute atomic E-state index is 0.0666. The van der Waals surface area contributed by atoms with E-state index in [1.807, 2.05) is 24.3 Å². The Morgan fingerprint density at radius 3 is 2.68 bits per heavy atom. The van der Waals surface area contributed by atoms with Gasteiger partial charge in [-0.15, -0.1) is 0 Å². The van der Waals surface area contributed by atoms with E-state index >= 15 is 0 Å². The average molecular weight is 252 g/mol. The van der Waals surface area contributed by atoms with Crippen molar-refractivity contribution in [3.8, 4) is 0 Å². The molecule has 0 fully saturated rings. The van der Waals surface area contributed by atoms with Crippen LogP contribution in [0.25, 0.3) is 0 Å². The van der Waals surface area contributed by atoms with Crippen molar-refractivity contribution in [3.63, 3.8) is 0 Å². The summed E-state index contributed by atoms with van der Waals surface area (Å²) >= 11 is 0. The van der Waals surface area contributed by atoms with E-state index in [0.29, 0.717) is 6.42 Å². The van der Waals surface area contributed by atoms with Crippen LogP contribution in [-0.2, 0) is 24.2 Å². The number of ketones is 1. The first-order chi connectivity index (χ1) is 9.33. The summed E-state index contributed by atoms with van der Waals surface area (Å²) in [4.78, 5) is 16.3. The van der Waals surface area contributed by atoms with Crippen LogP contribution >= 0.6 is 0 Å². The van der Waals surface area contributed by atoms with E-state index in [4.69, 9.17) is 0 Å². The molecule has 0 bridgehead atoms. The number of fused-ring (bicyclic) bond motifs is 1. The predicted octanol–water partition coefficient (Wildman–Crippen LogP) is 1.91. The highest BCUT2D eigenvalue weighted by Crippen LogP contribution is 2.17. The molecule has 0 radical (unpaired) electrons. The van der Waals surface area contributed by atoms with E-state index in [-0.39, 0.29) is 11.8 Å². The van der Waals surface area contributed by atoms with E-state index in [9.17, 15) is 4.79 Å². The molecule has 2 aromatic rings. The second-order valence-electron chi connectivity index (χ2n) is 4.90. The molecule has 0 aliphatic carbocycles. The van der Waals surface area contributed by atoms with Crippen molar-refractivity contribution < 1.29 is 4.79 Å². The van der Waals surface area contributed by atoms with Crippen LogP contribution in [0.1, 0.15) is 16.7 Å². The summed E-state index contributed by atoms with van der Waals surface area (Å²) in [6, 6.07) is 12.0. The van der Waals surface area contributed by atoms with E-state index in [1.165, 1.54) is 11.1 Å². The van der Waals surface area contributed by atoms with Gasteiger partial charge in [-0.1, -0.05) is 24.3 Å². The summed E-state index contributed by atoms with van der Waals surface area (Å²) in [6.45, 7) is 0.781. The topological polar surface area (TPSA) is 42.0 Å². The number of nitrogens with one attached hydrogen (secondary N) is 1. The van der Waals surface area contributed by atoms with Gasteiger partial charge in [0.05, 0.1) is 6.04 Å². The monoisotopic (exact) mass is 252 g/mol. The van der Waals surface area contributed by atoms with Crippen LogP contribution in [0, 0.1) is 0 Å². The number of aromatic nitrogens is 1. The molecule has 3 heteroatoms.